The van der Waals surface area contributed by atoms with Crippen LogP contribution in [0.2, 0.25) is 0 Å². The van der Waals surface area contributed by atoms with Crippen LogP contribution in [-0.2, 0) is 9.84 Å². The summed E-state index contributed by atoms with van der Waals surface area (Å²) in [7, 11) is -3.72. The van der Waals surface area contributed by atoms with E-state index >= 15 is 0 Å². The van der Waals surface area contributed by atoms with Crippen molar-refractivity contribution in [3.05, 3.63) is 42.5 Å². The van der Waals surface area contributed by atoms with Gasteiger partial charge in [0.05, 0.1) is 13.0 Å². The molecule has 0 amide bonds. The van der Waals surface area contributed by atoms with Crippen molar-refractivity contribution in [2.75, 3.05) is 6.61 Å². The van der Waals surface area contributed by atoms with Crippen LogP contribution in [0.3, 0.4) is 0 Å². The Hall–Kier alpha value is -2.22. The molecule has 2 aromatic rings. The van der Waals surface area contributed by atoms with Crippen LogP contribution >= 0.6 is 0 Å². The molecule has 8 heteroatoms. The van der Waals surface area contributed by atoms with Gasteiger partial charge in [-0.15, -0.1) is 0 Å². The Morgan fingerprint density at radius 1 is 1.00 bits per heavy atom. The summed E-state index contributed by atoms with van der Waals surface area (Å²) in [5.74, 6) is 0.322. The third kappa shape index (κ3) is 3.12. The van der Waals surface area contributed by atoms with E-state index in [2.05, 4.69) is 0 Å². The number of fused-ring (bicyclic) bond motifs is 2. The third-order valence-corrected chi connectivity index (χ3v) is 5.05. The number of hydrogen-bond acceptors (Lipinski definition) is 4. The lowest BCUT2D eigenvalue weighted by Crippen LogP contribution is -2.14. The number of ether oxygens (including phenoxy) is 2. The summed E-state index contributed by atoms with van der Waals surface area (Å²) in [5.41, 5.74) is 0. The average molecular weight is 344 g/mol. The molecule has 1 heterocycles. The quantitative estimate of drug-likeness (QED) is 0.722. The van der Waals surface area contributed by atoms with Crippen LogP contribution in [0.5, 0.6) is 17.2 Å². The van der Waals surface area contributed by atoms with Crippen molar-refractivity contribution in [1.82, 2.24) is 0 Å². The molecular formula is C15H11F3O4S. The summed E-state index contributed by atoms with van der Waals surface area (Å²) in [6.07, 6.45) is -5.40. The van der Waals surface area contributed by atoms with Gasteiger partial charge in [-0.05, 0) is 24.3 Å². The Morgan fingerprint density at radius 2 is 1.70 bits per heavy atom. The second kappa shape index (κ2) is 5.45. The van der Waals surface area contributed by atoms with Crippen LogP contribution < -0.4 is 9.47 Å². The second-order valence-electron chi connectivity index (χ2n) is 4.87. The monoisotopic (exact) mass is 344 g/mol. The number of rotatable bonds is 3. The number of alkyl halides is 3. The van der Waals surface area contributed by atoms with E-state index in [4.69, 9.17) is 9.47 Å². The first-order valence-electron chi connectivity index (χ1n) is 6.63. The predicted molar refractivity (Wildman–Crippen MR) is 74.6 cm³/mol. The Bertz CT molecular complexity index is 844. The van der Waals surface area contributed by atoms with E-state index in [1.807, 2.05) is 0 Å². The fraction of sp³-hybridized carbons (Fsp3) is 0.200. The van der Waals surface area contributed by atoms with Crippen LogP contribution in [0.15, 0.2) is 52.3 Å². The number of sulfone groups is 1. The highest BCUT2D eigenvalue weighted by Gasteiger charge is 2.31. The molecule has 0 radical (unpaired) electrons. The van der Waals surface area contributed by atoms with Crippen molar-refractivity contribution in [1.29, 1.82) is 0 Å². The van der Waals surface area contributed by atoms with Gasteiger partial charge in [0.25, 0.3) is 0 Å². The lowest BCUT2D eigenvalue weighted by atomic mass is 10.3. The SMILES string of the molecule is O=S1(=O)c2ccccc2Oc2cc(OCCC(F)(F)F)ccc21. The van der Waals surface area contributed by atoms with Gasteiger partial charge in [0.1, 0.15) is 27.0 Å². The molecule has 0 saturated carbocycles. The molecule has 3 rings (SSSR count). The maximum Gasteiger partial charge on any atom is 0.392 e. The van der Waals surface area contributed by atoms with Crippen LogP contribution in [0, 0.1) is 0 Å². The smallest absolute Gasteiger partial charge is 0.392 e. The van der Waals surface area contributed by atoms with Crippen LogP contribution in [0.4, 0.5) is 13.2 Å². The summed E-state index contributed by atoms with van der Waals surface area (Å²) >= 11 is 0. The Morgan fingerprint density at radius 3 is 2.43 bits per heavy atom. The number of halogens is 3. The highest BCUT2D eigenvalue weighted by molar-refractivity contribution is 7.91. The van der Waals surface area contributed by atoms with Gasteiger partial charge in [0.15, 0.2) is 0 Å². The summed E-state index contributed by atoms with van der Waals surface area (Å²) < 4.78 is 71.8. The standard InChI is InChI=1S/C15H11F3O4S/c16-15(17,18)7-8-21-10-5-6-14-12(9-10)22-11-3-1-2-4-13(11)23(14,19)20/h1-6,9H,7-8H2. The molecule has 0 bridgehead atoms. The fourth-order valence-corrected chi connectivity index (χ4v) is 3.64. The van der Waals surface area contributed by atoms with E-state index in [0.29, 0.717) is 0 Å². The van der Waals surface area contributed by atoms with Gasteiger partial charge in [-0.1, -0.05) is 12.1 Å². The summed E-state index contributed by atoms with van der Waals surface area (Å²) in [4.78, 5) is 0.0117. The maximum absolute atomic E-state index is 12.5. The molecule has 0 unspecified atom stereocenters. The van der Waals surface area contributed by atoms with Gasteiger partial charge >= 0.3 is 6.18 Å². The molecule has 0 aliphatic carbocycles. The molecule has 0 fully saturated rings. The van der Waals surface area contributed by atoms with Crippen LogP contribution in [0.25, 0.3) is 0 Å². The zero-order valence-electron chi connectivity index (χ0n) is 11.6. The third-order valence-electron chi connectivity index (χ3n) is 3.22. The van der Waals surface area contributed by atoms with E-state index in [1.165, 1.54) is 30.3 Å². The Kier molecular flexibility index (Phi) is 3.71. The van der Waals surface area contributed by atoms with Gasteiger partial charge in [-0.3, -0.25) is 0 Å². The molecule has 23 heavy (non-hydrogen) atoms. The van der Waals surface area contributed by atoms with Crippen molar-refractivity contribution in [3.8, 4) is 17.2 Å². The lowest BCUT2D eigenvalue weighted by Gasteiger charge is -2.20. The van der Waals surface area contributed by atoms with Gasteiger partial charge in [0, 0.05) is 6.07 Å². The molecule has 0 N–H and O–H groups in total. The Labute approximate surface area is 130 Å². The molecule has 0 spiro atoms. The van der Waals surface area contributed by atoms with Crippen molar-refractivity contribution >= 4 is 9.84 Å². The largest absolute Gasteiger partial charge is 0.493 e. The molecular weight excluding hydrogens is 333 g/mol. The lowest BCUT2D eigenvalue weighted by molar-refractivity contribution is -0.139. The number of benzene rings is 2. The zero-order valence-corrected chi connectivity index (χ0v) is 12.4. The van der Waals surface area contributed by atoms with Gasteiger partial charge in [-0.25, -0.2) is 8.42 Å². The minimum Gasteiger partial charge on any atom is -0.493 e. The first-order valence-corrected chi connectivity index (χ1v) is 8.11. The zero-order chi connectivity index (χ0) is 16.7. The maximum atomic E-state index is 12.5. The number of para-hydroxylation sites is 1. The van der Waals surface area contributed by atoms with Crippen molar-refractivity contribution < 1.29 is 31.1 Å². The van der Waals surface area contributed by atoms with E-state index in [9.17, 15) is 21.6 Å². The molecule has 1 aliphatic rings. The molecule has 0 saturated heterocycles. The van der Waals surface area contributed by atoms with Crippen molar-refractivity contribution in [2.24, 2.45) is 0 Å². The minimum absolute atomic E-state index is 0.0354. The van der Waals surface area contributed by atoms with Gasteiger partial charge < -0.3 is 9.47 Å². The van der Waals surface area contributed by atoms with Crippen molar-refractivity contribution in [2.45, 2.75) is 22.4 Å². The normalized spacial score (nSPS) is 15.3. The summed E-state index contributed by atoms with van der Waals surface area (Å²) in [5, 5.41) is 0. The molecule has 2 aromatic carbocycles. The second-order valence-corrected chi connectivity index (χ2v) is 6.76. The minimum atomic E-state index is -4.31. The molecule has 1 aliphatic heterocycles. The molecule has 0 aromatic heterocycles. The number of hydrogen-bond donors (Lipinski definition) is 0. The summed E-state index contributed by atoms with van der Waals surface area (Å²) in [6, 6.07) is 10.0. The average Bonchev–Trinajstić information content (AvgIpc) is 2.46. The Balaban J connectivity index is 1.88. The van der Waals surface area contributed by atoms with Gasteiger partial charge in [0.2, 0.25) is 9.84 Å². The first kappa shape index (κ1) is 15.7. The fourth-order valence-electron chi connectivity index (χ4n) is 2.16. The van der Waals surface area contributed by atoms with Gasteiger partial charge in [-0.2, -0.15) is 13.2 Å². The molecule has 122 valence electrons. The van der Waals surface area contributed by atoms with Crippen LogP contribution in [-0.4, -0.2) is 21.2 Å². The summed E-state index contributed by atoms with van der Waals surface area (Å²) in [6.45, 7) is -0.550. The molecule has 0 atom stereocenters. The molecule has 4 nitrogen and oxygen atoms in total. The first-order chi connectivity index (χ1) is 10.8. The van der Waals surface area contributed by atoms with Crippen molar-refractivity contribution in [3.63, 3.8) is 0 Å². The highest BCUT2D eigenvalue weighted by atomic mass is 32.2. The van der Waals surface area contributed by atoms with E-state index in [0.717, 1.165) is 0 Å². The van der Waals surface area contributed by atoms with Crippen LogP contribution in [0.1, 0.15) is 6.42 Å². The van der Waals surface area contributed by atoms with E-state index < -0.39 is 29.0 Å². The topological polar surface area (TPSA) is 52.6 Å². The van der Waals surface area contributed by atoms with E-state index in [-0.39, 0.29) is 27.0 Å². The predicted octanol–water partition coefficient (Wildman–Crippen LogP) is 3.96. The highest BCUT2D eigenvalue weighted by Crippen LogP contribution is 2.43. The van der Waals surface area contributed by atoms with E-state index in [1.54, 1.807) is 12.1 Å².